The van der Waals surface area contributed by atoms with Crippen molar-refractivity contribution in [2.24, 2.45) is 7.05 Å². The van der Waals surface area contributed by atoms with E-state index in [1.807, 2.05) is 38.2 Å². The Kier molecular flexibility index (Phi) is 2.00. The minimum atomic E-state index is -0.00338. The zero-order chi connectivity index (χ0) is 10.1. The van der Waals surface area contributed by atoms with Gasteiger partial charge in [0.05, 0.1) is 5.69 Å². The SMILES string of the molecule is Cc1ccc(-n2c(=O)ccn2C)cc1. The van der Waals surface area contributed by atoms with Gasteiger partial charge in [-0.15, -0.1) is 0 Å². The molecule has 0 radical (unpaired) electrons. The van der Waals surface area contributed by atoms with Crippen LogP contribution in [0, 0.1) is 6.92 Å². The smallest absolute Gasteiger partial charge is 0.271 e. The van der Waals surface area contributed by atoms with Crippen LogP contribution >= 0.6 is 0 Å². The number of benzene rings is 1. The number of hydrogen-bond donors (Lipinski definition) is 0. The summed E-state index contributed by atoms with van der Waals surface area (Å²) < 4.78 is 3.40. The van der Waals surface area contributed by atoms with Crippen molar-refractivity contribution in [3.8, 4) is 5.69 Å². The highest BCUT2D eigenvalue weighted by atomic mass is 16.1. The molecule has 3 nitrogen and oxygen atoms in total. The Morgan fingerprint density at radius 2 is 1.71 bits per heavy atom. The van der Waals surface area contributed by atoms with E-state index in [-0.39, 0.29) is 5.56 Å². The van der Waals surface area contributed by atoms with Crippen LogP contribution in [0.15, 0.2) is 41.3 Å². The molecule has 0 bridgehead atoms. The molecule has 1 aromatic carbocycles. The quantitative estimate of drug-likeness (QED) is 0.666. The summed E-state index contributed by atoms with van der Waals surface area (Å²) >= 11 is 0. The first-order chi connectivity index (χ1) is 6.68. The summed E-state index contributed by atoms with van der Waals surface area (Å²) in [6.45, 7) is 2.03. The van der Waals surface area contributed by atoms with Gasteiger partial charge in [-0.1, -0.05) is 17.7 Å². The van der Waals surface area contributed by atoms with E-state index >= 15 is 0 Å². The highest BCUT2D eigenvalue weighted by Crippen LogP contribution is 2.06. The van der Waals surface area contributed by atoms with E-state index in [2.05, 4.69) is 0 Å². The third-order valence-corrected chi connectivity index (χ3v) is 2.24. The van der Waals surface area contributed by atoms with Crippen molar-refractivity contribution in [1.29, 1.82) is 0 Å². The number of aryl methyl sites for hydroxylation is 2. The number of aromatic nitrogens is 2. The fraction of sp³-hybridized carbons (Fsp3) is 0.182. The van der Waals surface area contributed by atoms with Gasteiger partial charge in [-0.2, -0.15) is 0 Å². The van der Waals surface area contributed by atoms with Crippen molar-refractivity contribution in [2.75, 3.05) is 0 Å². The fourth-order valence-electron chi connectivity index (χ4n) is 1.46. The Morgan fingerprint density at radius 1 is 1.07 bits per heavy atom. The van der Waals surface area contributed by atoms with E-state index in [4.69, 9.17) is 0 Å². The monoisotopic (exact) mass is 188 g/mol. The topological polar surface area (TPSA) is 26.9 Å². The summed E-state index contributed by atoms with van der Waals surface area (Å²) in [6, 6.07) is 9.43. The van der Waals surface area contributed by atoms with Gasteiger partial charge in [-0.25, -0.2) is 4.68 Å². The van der Waals surface area contributed by atoms with Gasteiger partial charge < -0.3 is 0 Å². The maximum Gasteiger partial charge on any atom is 0.271 e. The van der Waals surface area contributed by atoms with E-state index < -0.39 is 0 Å². The Hall–Kier alpha value is -1.77. The Balaban J connectivity index is 2.60. The van der Waals surface area contributed by atoms with Crippen molar-refractivity contribution < 1.29 is 0 Å². The van der Waals surface area contributed by atoms with Crippen LogP contribution in [0.4, 0.5) is 0 Å². The Bertz CT molecular complexity index is 491. The fourth-order valence-corrected chi connectivity index (χ4v) is 1.46. The summed E-state index contributed by atoms with van der Waals surface area (Å²) in [5.74, 6) is 0. The predicted molar refractivity (Wildman–Crippen MR) is 55.7 cm³/mol. The van der Waals surface area contributed by atoms with E-state index in [0.29, 0.717) is 0 Å². The van der Waals surface area contributed by atoms with Crippen molar-refractivity contribution >= 4 is 0 Å². The summed E-state index contributed by atoms with van der Waals surface area (Å²) in [4.78, 5) is 11.5. The average Bonchev–Trinajstić information content (AvgIpc) is 2.49. The second kappa shape index (κ2) is 3.18. The molecule has 72 valence electrons. The number of rotatable bonds is 1. The zero-order valence-electron chi connectivity index (χ0n) is 8.27. The molecule has 0 atom stereocenters. The van der Waals surface area contributed by atoms with Crippen molar-refractivity contribution in [2.45, 2.75) is 6.92 Å². The standard InChI is InChI=1S/C11H12N2O/c1-9-3-5-10(6-4-9)13-11(14)7-8-12(13)2/h3-8H,1-2H3. The summed E-state index contributed by atoms with van der Waals surface area (Å²) in [7, 11) is 1.85. The van der Waals surface area contributed by atoms with Crippen molar-refractivity contribution in [3.63, 3.8) is 0 Å². The molecular formula is C11H12N2O. The molecule has 0 amide bonds. The molecule has 14 heavy (non-hydrogen) atoms. The molecule has 1 aromatic heterocycles. The van der Waals surface area contributed by atoms with Gasteiger partial charge in [0.25, 0.3) is 5.56 Å². The van der Waals surface area contributed by atoms with Gasteiger partial charge in [-0.3, -0.25) is 9.48 Å². The van der Waals surface area contributed by atoms with E-state index in [1.54, 1.807) is 21.6 Å². The van der Waals surface area contributed by atoms with Crippen LogP contribution in [0.25, 0.3) is 5.69 Å². The maximum atomic E-state index is 11.5. The third kappa shape index (κ3) is 1.37. The predicted octanol–water partition coefficient (Wildman–Crippen LogP) is 1.48. The Labute approximate surface area is 82.2 Å². The Morgan fingerprint density at radius 3 is 2.21 bits per heavy atom. The van der Waals surface area contributed by atoms with E-state index in [0.717, 1.165) is 5.69 Å². The molecule has 0 N–H and O–H groups in total. The van der Waals surface area contributed by atoms with Crippen molar-refractivity contribution in [1.82, 2.24) is 9.36 Å². The lowest BCUT2D eigenvalue weighted by molar-refractivity contribution is 0.646. The van der Waals surface area contributed by atoms with Crippen LogP contribution in [0.1, 0.15) is 5.56 Å². The average molecular weight is 188 g/mol. The molecule has 0 unspecified atom stereocenters. The summed E-state index contributed by atoms with van der Waals surface area (Å²) in [6.07, 6.45) is 1.75. The minimum Gasteiger partial charge on any atom is -0.288 e. The molecule has 3 heteroatoms. The van der Waals surface area contributed by atoms with Gasteiger partial charge in [-0.05, 0) is 19.1 Å². The van der Waals surface area contributed by atoms with Crippen LogP contribution in [-0.4, -0.2) is 9.36 Å². The molecule has 2 rings (SSSR count). The highest BCUT2D eigenvalue weighted by molar-refractivity contribution is 5.33. The molecule has 0 aliphatic rings. The molecular weight excluding hydrogens is 176 g/mol. The van der Waals surface area contributed by atoms with Gasteiger partial charge >= 0.3 is 0 Å². The molecule has 0 fully saturated rings. The van der Waals surface area contributed by atoms with Crippen LogP contribution < -0.4 is 5.56 Å². The molecule has 0 aliphatic heterocycles. The third-order valence-electron chi connectivity index (χ3n) is 2.24. The molecule has 0 saturated carbocycles. The second-order valence-corrected chi connectivity index (χ2v) is 3.37. The first-order valence-electron chi connectivity index (χ1n) is 4.50. The lowest BCUT2D eigenvalue weighted by Gasteiger charge is -2.06. The van der Waals surface area contributed by atoms with Gasteiger partial charge in [0.2, 0.25) is 0 Å². The number of nitrogens with zero attached hydrogens (tertiary/aromatic N) is 2. The minimum absolute atomic E-state index is 0.00338. The van der Waals surface area contributed by atoms with E-state index in [1.165, 1.54) is 5.56 Å². The summed E-state index contributed by atoms with van der Waals surface area (Å²) in [5, 5.41) is 0. The first-order valence-corrected chi connectivity index (χ1v) is 4.50. The molecule has 0 spiro atoms. The normalized spacial score (nSPS) is 10.4. The number of hydrogen-bond acceptors (Lipinski definition) is 1. The van der Waals surface area contributed by atoms with Crippen LogP contribution in [0.3, 0.4) is 0 Å². The van der Waals surface area contributed by atoms with Gasteiger partial charge in [0.15, 0.2) is 0 Å². The van der Waals surface area contributed by atoms with Gasteiger partial charge in [0.1, 0.15) is 0 Å². The lowest BCUT2D eigenvalue weighted by atomic mass is 10.2. The van der Waals surface area contributed by atoms with Crippen LogP contribution in [0.2, 0.25) is 0 Å². The van der Waals surface area contributed by atoms with Crippen LogP contribution in [0.5, 0.6) is 0 Å². The van der Waals surface area contributed by atoms with E-state index in [9.17, 15) is 4.79 Å². The van der Waals surface area contributed by atoms with Crippen LogP contribution in [-0.2, 0) is 7.05 Å². The second-order valence-electron chi connectivity index (χ2n) is 3.37. The van der Waals surface area contributed by atoms with Crippen molar-refractivity contribution in [3.05, 3.63) is 52.4 Å². The molecule has 1 heterocycles. The highest BCUT2D eigenvalue weighted by Gasteiger charge is 2.01. The molecule has 0 saturated heterocycles. The molecule has 2 aromatic rings. The van der Waals surface area contributed by atoms with Gasteiger partial charge in [0, 0.05) is 19.3 Å². The maximum absolute atomic E-state index is 11.5. The molecule has 0 aliphatic carbocycles. The zero-order valence-corrected chi connectivity index (χ0v) is 8.27. The first kappa shape index (κ1) is 8.81. The largest absolute Gasteiger partial charge is 0.288 e. The lowest BCUT2D eigenvalue weighted by Crippen LogP contribution is -2.18. The summed E-state index contributed by atoms with van der Waals surface area (Å²) in [5.41, 5.74) is 2.08.